The third-order valence-corrected chi connectivity index (χ3v) is 4.01. The van der Waals surface area contributed by atoms with Gasteiger partial charge in [-0.1, -0.05) is 80.6 Å². The summed E-state index contributed by atoms with van der Waals surface area (Å²) in [5.74, 6) is 0.957. The smallest absolute Gasteiger partial charge is 0.219 e. The summed E-state index contributed by atoms with van der Waals surface area (Å²) in [6, 6.07) is 7.84. The molecule has 2 heteroatoms. The summed E-state index contributed by atoms with van der Waals surface area (Å²) in [7, 11) is 0. The zero-order chi connectivity index (χ0) is 13.2. The van der Waals surface area contributed by atoms with Crippen molar-refractivity contribution in [3.05, 3.63) is 35.4 Å². The van der Waals surface area contributed by atoms with Crippen molar-refractivity contribution in [2.75, 3.05) is 5.75 Å². The highest BCUT2D eigenvalue weighted by molar-refractivity contribution is 8.14. The van der Waals surface area contributed by atoms with Gasteiger partial charge in [-0.05, 0) is 13.3 Å². The van der Waals surface area contributed by atoms with Gasteiger partial charge in [0.15, 0.2) is 0 Å². The van der Waals surface area contributed by atoms with E-state index < -0.39 is 0 Å². The van der Waals surface area contributed by atoms with E-state index in [1.807, 2.05) is 31.2 Å². The Morgan fingerprint density at radius 1 is 1.00 bits per heavy atom. The molecule has 0 unspecified atom stereocenters. The molecular formula is C16H24OS. The Balaban J connectivity index is 2.12. The highest BCUT2D eigenvalue weighted by Gasteiger charge is 2.05. The Morgan fingerprint density at radius 3 is 2.28 bits per heavy atom. The first-order chi connectivity index (χ1) is 8.74. The first-order valence-electron chi connectivity index (χ1n) is 6.98. The summed E-state index contributed by atoms with van der Waals surface area (Å²) in [4.78, 5) is 11.9. The van der Waals surface area contributed by atoms with Crippen LogP contribution < -0.4 is 0 Å². The number of unbranched alkanes of at least 4 members (excludes halogenated alkanes) is 5. The minimum absolute atomic E-state index is 0.212. The van der Waals surface area contributed by atoms with Crippen molar-refractivity contribution < 1.29 is 4.79 Å². The summed E-state index contributed by atoms with van der Waals surface area (Å²) in [6.45, 7) is 4.27. The zero-order valence-corrected chi connectivity index (χ0v) is 12.4. The summed E-state index contributed by atoms with van der Waals surface area (Å²) >= 11 is 1.46. The molecule has 1 rings (SSSR count). The predicted molar refractivity (Wildman–Crippen MR) is 81.3 cm³/mol. The van der Waals surface area contributed by atoms with Gasteiger partial charge in [-0.3, -0.25) is 4.79 Å². The molecule has 0 aliphatic rings. The lowest BCUT2D eigenvalue weighted by atomic mass is 10.1. The van der Waals surface area contributed by atoms with Crippen LogP contribution in [0.15, 0.2) is 24.3 Å². The molecule has 0 amide bonds. The normalized spacial score (nSPS) is 10.6. The minimum Gasteiger partial charge on any atom is -0.282 e. The van der Waals surface area contributed by atoms with Gasteiger partial charge in [0.25, 0.3) is 0 Å². The fourth-order valence-corrected chi connectivity index (χ4v) is 2.66. The SMILES string of the molecule is CCCCCCCCSC(=O)c1ccc(C)cc1. The lowest BCUT2D eigenvalue weighted by Gasteiger charge is -2.02. The topological polar surface area (TPSA) is 17.1 Å². The van der Waals surface area contributed by atoms with Crippen LogP contribution in [0.5, 0.6) is 0 Å². The van der Waals surface area contributed by atoms with E-state index in [0.717, 1.165) is 17.7 Å². The van der Waals surface area contributed by atoms with Gasteiger partial charge < -0.3 is 0 Å². The van der Waals surface area contributed by atoms with Crippen molar-refractivity contribution >= 4 is 16.9 Å². The van der Waals surface area contributed by atoms with Crippen molar-refractivity contribution in [2.45, 2.75) is 52.4 Å². The van der Waals surface area contributed by atoms with Gasteiger partial charge in [0, 0.05) is 11.3 Å². The summed E-state index contributed by atoms with van der Waals surface area (Å²) < 4.78 is 0. The van der Waals surface area contributed by atoms with Gasteiger partial charge in [0.05, 0.1) is 0 Å². The van der Waals surface area contributed by atoms with Gasteiger partial charge in [0.1, 0.15) is 0 Å². The van der Waals surface area contributed by atoms with E-state index in [4.69, 9.17) is 0 Å². The van der Waals surface area contributed by atoms with E-state index in [0.29, 0.717) is 0 Å². The molecule has 0 heterocycles. The number of hydrogen-bond donors (Lipinski definition) is 0. The lowest BCUT2D eigenvalue weighted by Crippen LogP contribution is -1.95. The summed E-state index contributed by atoms with van der Waals surface area (Å²) in [6.07, 6.45) is 7.70. The fraction of sp³-hybridized carbons (Fsp3) is 0.562. The Morgan fingerprint density at radius 2 is 1.61 bits per heavy atom. The van der Waals surface area contributed by atoms with E-state index >= 15 is 0 Å². The van der Waals surface area contributed by atoms with Crippen LogP contribution in [0.25, 0.3) is 0 Å². The highest BCUT2D eigenvalue weighted by Crippen LogP contribution is 2.16. The average molecular weight is 264 g/mol. The second-order valence-corrected chi connectivity index (χ2v) is 5.84. The van der Waals surface area contributed by atoms with Crippen LogP contribution in [-0.2, 0) is 0 Å². The molecule has 0 atom stereocenters. The van der Waals surface area contributed by atoms with Gasteiger partial charge >= 0.3 is 0 Å². The van der Waals surface area contributed by atoms with Crippen LogP contribution in [0.1, 0.15) is 61.4 Å². The first-order valence-corrected chi connectivity index (χ1v) is 7.96. The van der Waals surface area contributed by atoms with Crippen molar-refractivity contribution in [3.8, 4) is 0 Å². The molecule has 0 fully saturated rings. The van der Waals surface area contributed by atoms with Crippen LogP contribution in [0.4, 0.5) is 0 Å². The van der Waals surface area contributed by atoms with Crippen LogP contribution in [0.3, 0.4) is 0 Å². The fourth-order valence-electron chi connectivity index (χ4n) is 1.82. The Hall–Kier alpha value is -0.760. The Bertz CT molecular complexity index is 343. The number of thioether (sulfide) groups is 1. The molecule has 0 bridgehead atoms. The number of rotatable bonds is 8. The van der Waals surface area contributed by atoms with Gasteiger partial charge in [0.2, 0.25) is 5.12 Å². The molecule has 0 saturated heterocycles. The maximum Gasteiger partial charge on any atom is 0.219 e. The molecule has 0 aliphatic carbocycles. The Labute approximate surface area is 115 Å². The molecule has 0 radical (unpaired) electrons. The van der Waals surface area contributed by atoms with E-state index in [1.54, 1.807) is 0 Å². The van der Waals surface area contributed by atoms with Crippen LogP contribution in [0.2, 0.25) is 0 Å². The first kappa shape index (κ1) is 15.3. The number of aryl methyl sites for hydroxylation is 1. The molecule has 18 heavy (non-hydrogen) atoms. The molecule has 0 N–H and O–H groups in total. The monoisotopic (exact) mass is 264 g/mol. The second kappa shape index (κ2) is 9.21. The molecule has 0 spiro atoms. The van der Waals surface area contributed by atoms with Crippen molar-refractivity contribution in [3.63, 3.8) is 0 Å². The van der Waals surface area contributed by atoms with Crippen LogP contribution in [0, 0.1) is 6.92 Å². The molecule has 100 valence electrons. The maximum absolute atomic E-state index is 11.9. The second-order valence-electron chi connectivity index (χ2n) is 4.77. The summed E-state index contributed by atoms with van der Waals surface area (Å²) in [5.41, 5.74) is 2.03. The van der Waals surface area contributed by atoms with Gasteiger partial charge in [-0.25, -0.2) is 0 Å². The van der Waals surface area contributed by atoms with Gasteiger partial charge in [-0.2, -0.15) is 0 Å². The maximum atomic E-state index is 11.9. The Kier molecular flexibility index (Phi) is 7.83. The number of carbonyl (C=O) groups excluding carboxylic acids is 1. The van der Waals surface area contributed by atoms with Crippen molar-refractivity contribution in [2.24, 2.45) is 0 Å². The lowest BCUT2D eigenvalue weighted by molar-refractivity contribution is 0.108. The summed E-state index contributed by atoms with van der Waals surface area (Å²) in [5, 5.41) is 0.212. The molecule has 0 aromatic heterocycles. The quantitative estimate of drug-likeness (QED) is 0.598. The van der Waals surface area contributed by atoms with E-state index in [2.05, 4.69) is 6.92 Å². The third-order valence-electron chi connectivity index (χ3n) is 3.02. The highest BCUT2D eigenvalue weighted by atomic mass is 32.2. The van der Waals surface area contributed by atoms with E-state index in [9.17, 15) is 4.79 Å². The third kappa shape index (κ3) is 6.25. The molecule has 0 saturated carbocycles. The molecule has 1 aromatic carbocycles. The molecule has 0 aliphatic heterocycles. The number of hydrogen-bond acceptors (Lipinski definition) is 2. The molecule has 1 nitrogen and oxygen atoms in total. The van der Waals surface area contributed by atoms with Crippen molar-refractivity contribution in [1.29, 1.82) is 0 Å². The van der Waals surface area contributed by atoms with Gasteiger partial charge in [-0.15, -0.1) is 0 Å². The number of benzene rings is 1. The zero-order valence-electron chi connectivity index (χ0n) is 11.6. The molecular weight excluding hydrogens is 240 g/mol. The largest absolute Gasteiger partial charge is 0.282 e. The minimum atomic E-state index is 0.212. The standard InChI is InChI=1S/C16H24OS/c1-3-4-5-6-7-8-13-18-16(17)15-11-9-14(2)10-12-15/h9-12H,3-8,13H2,1-2H3. The van der Waals surface area contributed by atoms with Crippen molar-refractivity contribution in [1.82, 2.24) is 0 Å². The van der Waals surface area contributed by atoms with Crippen LogP contribution >= 0.6 is 11.8 Å². The average Bonchev–Trinajstić information content (AvgIpc) is 2.38. The van der Waals surface area contributed by atoms with E-state index in [1.165, 1.54) is 49.4 Å². The van der Waals surface area contributed by atoms with Crippen LogP contribution in [-0.4, -0.2) is 10.9 Å². The predicted octanol–water partition coefficient (Wildman–Crippen LogP) is 5.23. The molecule has 1 aromatic rings. The van der Waals surface area contributed by atoms with E-state index in [-0.39, 0.29) is 5.12 Å². The number of carbonyl (C=O) groups is 1.